The van der Waals surface area contributed by atoms with E-state index in [1.54, 1.807) is 7.11 Å². The molecule has 5 heteroatoms. The van der Waals surface area contributed by atoms with Crippen molar-refractivity contribution in [3.05, 3.63) is 23.9 Å². The highest BCUT2D eigenvalue weighted by Gasteiger charge is 2.10. The number of methoxy groups -OCH3 is 2. The number of fused-ring (bicyclic) bond motifs is 1. The van der Waals surface area contributed by atoms with Gasteiger partial charge in [-0.15, -0.1) is 0 Å². The van der Waals surface area contributed by atoms with Crippen molar-refractivity contribution in [3.63, 3.8) is 0 Å². The van der Waals surface area contributed by atoms with Crippen molar-refractivity contribution in [1.82, 2.24) is 10.2 Å². The number of hydrogen-bond donors (Lipinski definition) is 1. The molecule has 2 rings (SSSR count). The minimum Gasteiger partial charge on any atom is -0.497 e. The van der Waals surface area contributed by atoms with Gasteiger partial charge in [0.25, 0.3) is 0 Å². The second kappa shape index (κ2) is 4.22. The van der Waals surface area contributed by atoms with Crippen LogP contribution in [-0.2, 0) is 16.0 Å². The molecule has 0 saturated carbocycles. The molecule has 0 radical (unpaired) electrons. The Labute approximate surface area is 92.4 Å². The lowest BCUT2D eigenvalue weighted by atomic mass is 10.1. The van der Waals surface area contributed by atoms with Crippen LogP contribution in [0, 0.1) is 0 Å². The van der Waals surface area contributed by atoms with Gasteiger partial charge in [-0.2, -0.15) is 5.10 Å². The molecule has 0 fully saturated rings. The first-order chi connectivity index (χ1) is 7.74. The fraction of sp³-hybridized carbons (Fsp3) is 0.273. The lowest BCUT2D eigenvalue weighted by Gasteiger charge is -1.99. The highest BCUT2D eigenvalue weighted by molar-refractivity contribution is 5.86. The molecule has 84 valence electrons. The summed E-state index contributed by atoms with van der Waals surface area (Å²) in [5.74, 6) is 0.449. The van der Waals surface area contributed by atoms with E-state index in [1.165, 1.54) is 7.11 Å². The van der Waals surface area contributed by atoms with Gasteiger partial charge in [0.1, 0.15) is 5.75 Å². The lowest BCUT2D eigenvalue weighted by Crippen LogP contribution is -2.04. The summed E-state index contributed by atoms with van der Waals surface area (Å²) in [7, 11) is 2.97. The molecule has 0 atom stereocenters. The standard InChI is InChI=1S/C11H12N2O3/c1-15-7-3-4-8-9(5-7)12-13-10(8)6-11(14)16-2/h3-5H,6H2,1-2H3,(H,12,13). The van der Waals surface area contributed by atoms with Gasteiger partial charge >= 0.3 is 5.97 Å². The molecule has 0 spiro atoms. The molecule has 1 aromatic carbocycles. The van der Waals surface area contributed by atoms with Crippen LogP contribution in [-0.4, -0.2) is 30.4 Å². The zero-order valence-corrected chi connectivity index (χ0v) is 9.11. The van der Waals surface area contributed by atoms with Crippen LogP contribution in [0.25, 0.3) is 10.9 Å². The quantitative estimate of drug-likeness (QED) is 0.791. The molecule has 0 amide bonds. The number of aromatic amines is 1. The van der Waals surface area contributed by atoms with Gasteiger partial charge in [-0.3, -0.25) is 9.89 Å². The highest BCUT2D eigenvalue weighted by Crippen LogP contribution is 2.21. The summed E-state index contributed by atoms with van der Waals surface area (Å²) < 4.78 is 9.69. The normalized spacial score (nSPS) is 10.4. The van der Waals surface area contributed by atoms with Crippen LogP contribution >= 0.6 is 0 Å². The summed E-state index contributed by atoms with van der Waals surface area (Å²) in [6.07, 6.45) is 0.194. The van der Waals surface area contributed by atoms with Gasteiger partial charge in [0.15, 0.2) is 0 Å². The Morgan fingerprint density at radius 2 is 2.25 bits per heavy atom. The van der Waals surface area contributed by atoms with Crippen molar-refractivity contribution in [2.45, 2.75) is 6.42 Å². The minimum atomic E-state index is -0.290. The van der Waals surface area contributed by atoms with Crippen LogP contribution in [0.3, 0.4) is 0 Å². The second-order valence-corrected chi connectivity index (χ2v) is 3.34. The average molecular weight is 220 g/mol. The number of hydrogen-bond acceptors (Lipinski definition) is 4. The molecule has 0 bridgehead atoms. The monoisotopic (exact) mass is 220 g/mol. The Balaban J connectivity index is 2.37. The molecule has 1 N–H and O–H groups in total. The maximum Gasteiger partial charge on any atom is 0.311 e. The first kappa shape index (κ1) is 10.5. The summed E-state index contributed by atoms with van der Waals surface area (Å²) >= 11 is 0. The third kappa shape index (κ3) is 1.84. The predicted octanol–water partition coefficient (Wildman–Crippen LogP) is 1.29. The fourth-order valence-electron chi connectivity index (χ4n) is 1.53. The topological polar surface area (TPSA) is 64.2 Å². The predicted molar refractivity (Wildman–Crippen MR) is 58.4 cm³/mol. The van der Waals surface area contributed by atoms with Crippen molar-refractivity contribution in [2.24, 2.45) is 0 Å². The molecule has 0 aliphatic rings. The van der Waals surface area contributed by atoms with E-state index in [2.05, 4.69) is 14.9 Å². The SMILES string of the molecule is COC(=O)Cc1[nH]nc2cc(OC)ccc12. The first-order valence-corrected chi connectivity index (χ1v) is 4.82. The maximum atomic E-state index is 11.2. The van der Waals surface area contributed by atoms with Gasteiger partial charge < -0.3 is 9.47 Å². The third-order valence-corrected chi connectivity index (χ3v) is 2.39. The zero-order chi connectivity index (χ0) is 11.5. The highest BCUT2D eigenvalue weighted by atomic mass is 16.5. The molecule has 0 aliphatic heterocycles. The number of benzene rings is 1. The van der Waals surface area contributed by atoms with Gasteiger partial charge in [0, 0.05) is 11.5 Å². The number of H-pyrrole nitrogens is 1. The Morgan fingerprint density at radius 1 is 1.44 bits per heavy atom. The molecule has 0 aliphatic carbocycles. The van der Waals surface area contributed by atoms with Crippen LogP contribution in [0.4, 0.5) is 0 Å². The smallest absolute Gasteiger partial charge is 0.311 e. The number of carbonyl (C=O) groups is 1. The maximum absolute atomic E-state index is 11.2. The number of nitrogens with zero attached hydrogens (tertiary/aromatic N) is 1. The molecule has 5 nitrogen and oxygen atoms in total. The van der Waals surface area contributed by atoms with E-state index in [4.69, 9.17) is 4.74 Å². The van der Waals surface area contributed by atoms with Crippen LogP contribution in [0.2, 0.25) is 0 Å². The third-order valence-electron chi connectivity index (χ3n) is 2.39. The van der Waals surface area contributed by atoms with Crippen molar-refractivity contribution in [2.75, 3.05) is 14.2 Å². The number of nitrogens with one attached hydrogen (secondary N) is 1. The van der Waals surface area contributed by atoms with E-state index >= 15 is 0 Å². The summed E-state index contributed by atoms with van der Waals surface area (Å²) in [5, 5.41) is 7.83. The van der Waals surface area contributed by atoms with E-state index < -0.39 is 0 Å². The largest absolute Gasteiger partial charge is 0.497 e. The van der Waals surface area contributed by atoms with Crippen LogP contribution in [0.1, 0.15) is 5.69 Å². The molecular weight excluding hydrogens is 208 g/mol. The number of ether oxygens (including phenoxy) is 2. The van der Waals surface area contributed by atoms with Crippen molar-refractivity contribution < 1.29 is 14.3 Å². The first-order valence-electron chi connectivity index (χ1n) is 4.82. The molecule has 16 heavy (non-hydrogen) atoms. The number of carbonyl (C=O) groups excluding carboxylic acids is 1. The number of rotatable bonds is 3. The Kier molecular flexibility index (Phi) is 2.76. The molecular formula is C11H12N2O3. The zero-order valence-electron chi connectivity index (χ0n) is 9.11. The van der Waals surface area contributed by atoms with E-state index in [9.17, 15) is 4.79 Å². The van der Waals surface area contributed by atoms with E-state index in [1.807, 2.05) is 18.2 Å². The summed E-state index contributed by atoms with van der Waals surface area (Å²) in [6, 6.07) is 5.52. The van der Waals surface area contributed by atoms with E-state index in [0.29, 0.717) is 0 Å². The van der Waals surface area contributed by atoms with Gasteiger partial charge in [-0.05, 0) is 12.1 Å². The fourth-order valence-corrected chi connectivity index (χ4v) is 1.53. The summed E-state index contributed by atoms with van der Waals surface area (Å²) in [6.45, 7) is 0. The minimum absolute atomic E-state index is 0.194. The Hall–Kier alpha value is -2.04. The lowest BCUT2D eigenvalue weighted by molar-refractivity contribution is -0.139. The molecule has 0 saturated heterocycles. The van der Waals surface area contributed by atoms with Crippen molar-refractivity contribution >= 4 is 16.9 Å². The molecule has 2 aromatic rings. The summed E-state index contributed by atoms with van der Waals surface area (Å²) in [5.41, 5.74) is 1.53. The van der Waals surface area contributed by atoms with Crippen molar-refractivity contribution in [1.29, 1.82) is 0 Å². The van der Waals surface area contributed by atoms with Gasteiger partial charge in [-0.1, -0.05) is 0 Å². The average Bonchev–Trinajstić information content (AvgIpc) is 2.71. The van der Waals surface area contributed by atoms with Gasteiger partial charge in [0.05, 0.1) is 31.9 Å². The Morgan fingerprint density at radius 3 is 2.94 bits per heavy atom. The van der Waals surface area contributed by atoms with E-state index in [0.717, 1.165) is 22.3 Å². The summed E-state index contributed by atoms with van der Waals surface area (Å²) in [4.78, 5) is 11.2. The number of esters is 1. The van der Waals surface area contributed by atoms with Crippen LogP contribution in [0.15, 0.2) is 18.2 Å². The Bertz CT molecular complexity index is 519. The van der Waals surface area contributed by atoms with Crippen LogP contribution in [0.5, 0.6) is 5.75 Å². The second-order valence-electron chi connectivity index (χ2n) is 3.34. The molecule has 1 aromatic heterocycles. The van der Waals surface area contributed by atoms with Gasteiger partial charge in [-0.25, -0.2) is 0 Å². The van der Waals surface area contributed by atoms with E-state index in [-0.39, 0.29) is 12.4 Å². The van der Waals surface area contributed by atoms with Crippen LogP contribution < -0.4 is 4.74 Å². The van der Waals surface area contributed by atoms with Crippen molar-refractivity contribution in [3.8, 4) is 5.75 Å². The number of aromatic nitrogens is 2. The van der Waals surface area contributed by atoms with Gasteiger partial charge in [0.2, 0.25) is 0 Å². The molecule has 0 unspecified atom stereocenters. The molecule has 1 heterocycles.